The molecule has 4 nitrogen and oxygen atoms in total. The molecule has 0 aromatic heterocycles. The van der Waals surface area contributed by atoms with E-state index in [0.717, 1.165) is 26.2 Å². The lowest BCUT2D eigenvalue weighted by Gasteiger charge is -2.33. The van der Waals surface area contributed by atoms with E-state index in [9.17, 15) is 5.11 Å². The van der Waals surface area contributed by atoms with E-state index in [4.69, 9.17) is 5.11 Å². The van der Waals surface area contributed by atoms with E-state index in [-0.39, 0.29) is 19.0 Å². The minimum absolute atomic E-state index is 0. The lowest BCUT2D eigenvalue weighted by atomic mass is 10.3. The summed E-state index contributed by atoms with van der Waals surface area (Å²) in [6, 6.07) is 0. The molecule has 80 valence electrons. The minimum atomic E-state index is -0.576. The number of likely N-dealkylation sites (N-methyl/N-ethyl adjacent to an activating group) is 1. The van der Waals surface area contributed by atoms with Crippen LogP contribution >= 0.6 is 12.4 Å². The van der Waals surface area contributed by atoms with Crippen LogP contribution in [0.1, 0.15) is 0 Å². The van der Waals surface area contributed by atoms with Crippen molar-refractivity contribution in [2.45, 2.75) is 6.10 Å². The molecule has 1 heterocycles. The van der Waals surface area contributed by atoms with Gasteiger partial charge in [0, 0.05) is 32.7 Å². The summed E-state index contributed by atoms with van der Waals surface area (Å²) in [6.45, 7) is 4.56. The number of nitrogens with zero attached hydrogens (tertiary/aromatic N) is 2. The average molecular weight is 211 g/mol. The van der Waals surface area contributed by atoms with Crippen LogP contribution in [0.2, 0.25) is 0 Å². The van der Waals surface area contributed by atoms with Crippen molar-refractivity contribution in [2.24, 2.45) is 0 Å². The average Bonchev–Trinajstić information content (AvgIpc) is 2.09. The van der Waals surface area contributed by atoms with Crippen LogP contribution < -0.4 is 0 Å². The van der Waals surface area contributed by atoms with E-state index >= 15 is 0 Å². The highest BCUT2D eigenvalue weighted by molar-refractivity contribution is 5.85. The Balaban J connectivity index is 0.00000144. The summed E-state index contributed by atoms with van der Waals surface area (Å²) in [5.41, 5.74) is 0. The molecule has 0 spiro atoms. The number of halogens is 1. The molecule has 0 radical (unpaired) electrons. The predicted molar refractivity (Wildman–Crippen MR) is 54.3 cm³/mol. The first kappa shape index (κ1) is 13.1. The second-order valence-corrected chi connectivity index (χ2v) is 3.44. The number of aliphatic hydroxyl groups excluding tert-OH is 2. The zero-order valence-corrected chi connectivity index (χ0v) is 8.83. The molecule has 1 fully saturated rings. The van der Waals surface area contributed by atoms with Crippen LogP contribution in [0.3, 0.4) is 0 Å². The number of aliphatic hydroxyl groups is 2. The zero-order chi connectivity index (χ0) is 8.97. The van der Waals surface area contributed by atoms with Gasteiger partial charge in [0.2, 0.25) is 0 Å². The maximum atomic E-state index is 9.17. The van der Waals surface area contributed by atoms with E-state index in [1.54, 1.807) is 0 Å². The first-order valence-corrected chi connectivity index (χ1v) is 4.42. The van der Waals surface area contributed by atoms with Gasteiger partial charge in [-0.15, -0.1) is 12.4 Å². The summed E-state index contributed by atoms with van der Waals surface area (Å²) in [6.07, 6.45) is -0.576. The SMILES string of the molecule is CN1CCN(CC(O)CO)CC1.Cl. The topological polar surface area (TPSA) is 46.9 Å². The smallest absolute Gasteiger partial charge is 0.0897 e. The summed E-state index contributed by atoms with van der Waals surface area (Å²) >= 11 is 0. The van der Waals surface area contributed by atoms with Gasteiger partial charge in [-0.05, 0) is 7.05 Å². The molecule has 0 aromatic rings. The van der Waals surface area contributed by atoms with Gasteiger partial charge >= 0.3 is 0 Å². The van der Waals surface area contributed by atoms with Crippen LogP contribution in [0.15, 0.2) is 0 Å². The van der Waals surface area contributed by atoms with Crippen LogP contribution in [-0.2, 0) is 0 Å². The maximum absolute atomic E-state index is 9.17. The van der Waals surface area contributed by atoms with Crippen molar-refractivity contribution >= 4 is 12.4 Å². The fraction of sp³-hybridized carbons (Fsp3) is 1.00. The van der Waals surface area contributed by atoms with E-state index in [1.165, 1.54) is 0 Å². The summed E-state index contributed by atoms with van der Waals surface area (Å²) < 4.78 is 0. The van der Waals surface area contributed by atoms with Gasteiger partial charge in [-0.1, -0.05) is 0 Å². The Morgan fingerprint density at radius 1 is 1.23 bits per heavy atom. The van der Waals surface area contributed by atoms with Crippen molar-refractivity contribution in [3.05, 3.63) is 0 Å². The number of rotatable bonds is 3. The molecule has 0 aromatic carbocycles. The zero-order valence-electron chi connectivity index (χ0n) is 8.02. The monoisotopic (exact) mass is 210 g/mol. The Kier molecular flexibility index (Phi) is 6.63. The molecule has 1 unspecified atom stereocenters. The summed E-state index contributed by atoms with van der Waals surface area (Å²) in [5.74, 6) is 0. The number of β-amino-alcohol motifs (C(OH)–C–C–N with tert-alkyl or cyclic N) is 1. The molecule has 1 saturated heterocycles. The van der Waals surface area contributed by atoms with Gasteiger partial charge in [-0.25, -0.2) is 0 Å². The van der Waals surface area contributed by atoms with Gasteiger partial charge in [0.05, 0.1) is 12.7 Å². The van der Waals surface area contributed by atoms with Crippen LogP contribution in [0.4, 0.5) is 0 Å². The van der Waals surface area contributed by atoms with Gasteiger partial charge < -0.3 is 15.1 Å². The summed E-state index contributed by atoms with van der Waals surface area (Å²) in [5, 5.41) is 17.8. The quantitative estimate of drug-likeness (QED) is 0.628. The Labute approximate surface area is 85.5 Å². The number of hydrogen-bond acceptors (Lipinski definition) is 4. The fourth-order valence-corrected chi connectivity index (χ4v) is 1.39. The summed E-state index contributed by atoms with van der Waals surface area (Å²) in [7, 11) is 2.10. The van der Waals surface area contributed by atoms with Crippen molar-refractivity contribution in [2.75, 3.05) is 46.4 Å². The third-order valence-corrected chi connectivity index (χ3v) is 2.28. The van der Waals surface area contributed by atoms with Crippen LogP contribution in [0.25, 0.3) is 0 Å². The predicted octanol–water partition coefficient (Wildman–Crippen LogP) is -0.991. The molecule has 0 saturated carbocycles. The molecule has 1 atom stereocenters. The number of hydrogen-bond donors (Lipinski definition) is 2. The molecule has 0 amide bonds. The highest BCUT2D eigenvalue weighted by Gasteiger charge is 2.15. The lowest BCUT2D eigenvalue weighted by molar-refractivity contribution is 0.0434. The second kappa shape index (κ2) is 6.56. The molecule has 2 N–H and O–H groups in total. The van der Waals surface area contributed by atoms with Crippen molar-refractivity contribution in [3.63, 3.8) is 0 Å². The standard InChI is InChI=1S/C8H18N2O2.ClH/c1-9-2-4-10(5-3-9)6-8(12)7-11;/h8,11-12H,2-7H2,1H3;1H. The third-order valence-electron chi connectivity index (χ3n) is 2.28. The van der Waals surface area contributed by atoms with Gasteiger partial charge in [0.15, 0.2) is 0 Å². The first-order valence-electron chi connectivity index (χ1n) is 4.42. The van der Waals surface area contributed by atoms with E-state index in [1.807, 2.05) is 0 Å². The minimum Gasteiger partial charge on any atom is -0.394 e. The molecule has 0 bridgehead atoms. The molecule has 1 aliphatic rings. The number of piperazine rings is 1. The Bertz CT molecular complexity index is 129. The fourth-order valence-electron chi connectivity index (χ4n) is 1.39. The van der Waals surface area contributed by atoms with Crippen LogP contribution in [0, 0.1) is 0 Å². The first-order chi connectivity index (χ1) is 5.72. The van der Waals surface area contributed by atoms with Crippen LogP contribution in [-0.4, -0.2) is 72.5 Å². The van der Waals surface area contributed by atoms with E-state index in [2.05, 4.69) is 16.8 Å². The molecular weight excluding hydrogens is 192 g/mol. The van der Waals surface area contributed by atoms with Gasteiger partial charge in [-0.3, -0.25) is 4.90 Å². The Morgan fingerprint density at radius 3 is 2.23 bits per heavy atom. The third kappa shape index (κ3) is 4.78. The summed E-state index contributed by atoms with van der Waals surface area (Å²) in [4.78, 5) is 4.45. The van der Waals surface area contributed by atoms with Gasteiger partial charge in [0.25, 0.3) is 0 Å². The lowest BCUT2D eigenvalue weighted by Crippen LogP contribution is -2.47. The molecule has 0 aliphatic carbocycles. The van der Waals surface area contributed by atoms with Crippen LogP contribution in [0.5, 0.6) is 0 Å². The largest absolute Gasteiger partial charge is 0.394 e. The maximum Gasteiger partial charge on any atom is 0.0897 e. The normalized spacial score (nSPS) is 22.4. The Morgan fingerprint density at radius 2 is 1.77 bits per heavy atom. The molecule has 1 aliphatic heterocycles. The highest BCUT2D eigenvalue weighted by Crippen LogP contribution is 1.99. The second-order valence-electron chi connectivity index (χ2n) is 3.44. The molecule has 1 rings (SSSR count). The van der Waals surface area contributed by atoms with Gasteiger partial charge in [0.1, 0.15) is 0 Å². The van der Waals surface area contributed by atoms with Crippen molar-refractivity contribution in [3.8, 4) is 0 Å². The van der Waals surface area contributed by atoms with E-state index in [0.29, 0.717) is 6.54 Å². The van der Waals surface area contributed by atoms with Crippen molar-refractivity contribution in [1.29, 1.82) is 0 Å². The molecule has 13 heavy (non-hydrogen) atoms. The molecule has 5 heteroatoms. The Hall–Kier alpha value is 0.130. The van der Waals surface area contributed by atoms with Crippen molar-refractivity contribution < 1.29 is 10.2 Å². The van der Waals surface area contributed by atoms with Crippen molar-refractivity contribution in [1.82, 2.24) is 9.80 Å². The highest BCUT2D eigenvalue weighted by atomic mass is 35.5. The molecular formula is C8H19ClN2O2. The van der Waals surface area contributed by atoms with Gasteiger partial charge in [-0.2, -0.15) is 0 Å². The van der Waals surface area contributed by atoms with E-state index < -0.39 is 6.10 Å².